The highest BCUT2D eigenvalue weighted by Gasteiger charge is 2.22. The summed E-state index contributed by atoms with van der Waals surface area (Å²) < 4.78 is 1.72. The fourth-order valence-electron chi connectivity index (χ4n) is 2.30. The number of carbonyl (C=O) groups is 1. The van der Waals surface area contributed by atoms with Crippen LogP contribution in [0.5, 0.6) is 0 Å². The fraction of sp³-hybridized carbons (Fsp3) is 0.500. The van der Waals surface area contributed by atoms with E-state index in [1.54, 1.807) is 0 Å². The molecule has 1 aliphatic heterocycles. The Labute approximate surface area is 136 Å². The Bertz CT molecular complexity index is 495. The fourth-order valence-corrected chi connectivity index (χ4v) is 3.09. The van der Waals surface area contributed by atoms with E-state index in [9.17, 15) is 4.79 Å². The van der Waals surface area contributed by atoms with E-state index in [1.807, 2.05) is 18.2 Å². The van der Waals surface area contributed by atoms with Gasteiger partial charge in [0.25, 0.3) is 5.91 Å². The SMILES string of the molecule is CN1CCN(C)C(CNC(=O)c2cc(Br)ccc2Br)C1. The second-order valence-corrected chi connectivity index (χ2v) is 7.00. The highest BCUT2D eigenvalue weighted by molar-refractivity contribution is 9.11. The van der Waals surface area contributed by atoms with Crippen molar-refractivity contribution in [2.75, 3.05) is 40.3 Å². The first-order valence-electron chi connectivity index (χ1n) is 6.59. The number of likely N-dealkylation sites (N-methyl/N-ethyl adjacent to an activating group) is 2. The Morgan fingerprint density at radius 1 is 1.35 bits per heavy atom. The van der Waals surface area contributed by atoms with E-state index in [2.05, 4.69) is 61.1 Å². The van der Waals surface area contributed by atoms with Crippen LogP contribution in [0.25, 0.3) is 0 Å². The van der Waals surface area contributed by atoms with E-state index in [-0.39, 0.29) is 5.91 Å². The van der Waals surface area contributed by atoms with Crippen molar-refractivity contribution >= 4 is 37.8 Å². The lowest BCUT2D eigenvalue weighted by atomic mass is 10.1. The number of benzene rings is 1. The van der Waals surface area contributed by atoms with Crippen LogP contribution in [0.1, 0.15) is 10.4 Å². The topological polar surface area (TPSA) is 35.6 Å². The summed E-state index contributed by atoms with van der Waals surface area (Å²) in [7, 11) is 4.23. The zero-order valence-electron chi connectivity index (χ0n) is 11.7. The number of hydrogen-bond acceptors (Lipinski definition) is 3. The predicted molar refractivity (Wildman–Crippen MR) is 88.1 cm³/mol. The second-order valence-electron chi connectivity index (χ2n) is 5.23. The minimum absolute atomic E-state index is 0.0419. The van der Waals surface area contributed by atoms with Gasteiger partial charge in [-0.3, -0.25) is 9.69 Å². The molecular formula is C14H19Br2N3O. The van der Waals surface area contributed by atoms with Crippen LogP contribution in [0.3, 0.4) is 0 Å². The van der Waals surface area contributed by atoms with Gasteiger partial charge in [0.05, 0.1) is 5.56 Å². The molecule has 1 unspecified atom stereocenters. The molecular weight excluding hydrogens is 386 g/mol. The zero-order valence-corrected chi connectivity index (χ0v) is 14.9. The van der Waals surface area contributed by atoms with Crippen molar-refractivity contribution in [1.82, 2.24) is 15.1 Å². The molecule has 2 rings (SSSR count). The van der Waals surface area contributed by atoms with Gasteiger partial charge in [-0.15, -0.1) is 0 Å². The van der Waals surface area contributed by atoms with Crippen LogP contribution in [0.2, 0.25) is 0 Å². The summed E-state index contributed by atoms with van der Waals surface area (Å²) >= 11 is 6.81. The maximum atomic E-state index is 12.3. The van der Waals surface area contributed by atoms with Crippen LogP contribution in [-0.4, -0.2) is 62.0 Å². The van der Waals surface area contributed by atoms with Crippen molar-refractivity contribution in [2.24, 2.45) is 0 Å². The second kappa shape index (κ2) is 7.02. The Hall–Kier alpha value is -0.430. The minimum Gasteiger partial charge on any atom is -0.350 e. The van der Waals surface area contributed by atoms with Crippen LogP contribution in [-0.2, 0) is 0 Å². The van der Waals surface area contributed by atoms with E-state index in [4.69, 9.17) is 0 Å². The Morgan fingerprint density at radius 3 is 2.85 bits per heavy atom. The average Bonchev–Trinajstić information content (AvgIpc) is 2.42. The number of nitrogens with one attached hydrogen (secondary N) is 1. The van der Waals surface area contributed by atoms with Gasteiger partial charge < -0.3 is 10.2 Å². The lowest BCUT2D eigenvalue weighted by Crippen LogP contribution is -2.54. The summed E-state index contributed by atoms with van der Waals surface area (Å²) in [5.74, 6) is -0.0419. The van der Waals surface area contributed by atoms with Gasteiger partial charge in [-0.05, 0) is 48.2 Å². The van der Waals surface area contributed by atoms with Crippen molar-refractivity contribution in [3.63, 3.8) is 0 Å². The van der Waals surface area contributed by atoms with Gasteiger partial charge in [-0.25, -0.2) is 0 Å². The smallest absolute Gasteiger partial charge is 0.252 e. The monoisotopic (exact) mass is 403 g/mol. The molecule has 0 spiro atoms. The van der Waals surface area contributed by atoms with E-state index >= 15 is 0 Å². The average molecular weight is 405 g/mol. The first-order valence-corrected chi connectivity index (χ1v) is 8.18. The summed E-state index contributed by atoms with van der Waals surface area (Å²) in [4.78, 5) is 16.9. The Morgan fingerprint density at radius 2 is 2.10 bits per heavy atom. The first-order chi connectivity index (χ1) is 9.47. The summed E-state index contributed by atoms with van der Waals surface area (Å²) in [6.45, 7) is 3.77. The predicted octanol–water partition coefficient (Wildman–Crippen LogP) is 2.19. The van der Waals surface area contributed by atoms with Crippen molar-refractivity contribution in [3.8, 4) is 0 Å². The molecule has 1 aromatic rings. The van der Waals surface area contributed by atoms with E-state index in [0.29, 0.717) is 18.2 Å². The van der Waals surface area contributed by atoms with Gasteiger partial charge in [-0.1, -0.05) is 15.9 Å². The van der Waals surface area contributed by atoms with Gasteiger partial charge in [0.2, 0.25) is 0 Å². The molecule has 0 aromatic heterocycles. The largest absolute Gasteiger partial charge is 0.350 e. The molecule has 1 atom stereocenters. The van der Waals surface area contributed by atoms with Gasteiger partial charge in [-0.2, -0.15) is 0 Å². The summed E-state index contributed by atoms with van der Waals surface area (Å²) in [6, 6.07) is 5.98. The number of amides is 1. The highest BCUT2D eigenvalue weighted by atomic mass is 79.9. The molecule has 1 heterocycles. The van der Waals surface area contributed by atoms with Crippen LogP contribution >= 0.6 is 31.9 Å². The zero-order chi connectivity index (χ0) is 14.7. The molecule has 1 amide bonds. The van der Waals surface area contributed by atoms with Crippen LogP contribution in [0, 0.1) is 0 Å². The van der Waals surface area contributed by atoms with Gasteiger partial charge in [0.1, 0.15) is 0 Å². The maximum absolute atomic E-state index is 12.3. The molecule has 1 aromatic carbocycles. The third kappa shape index (κ3) is 4.04. The molecule has 1 aliphatic rings. The molecule has 0 bridgehead atoms. The molecule has 1 saturated heterocycles. The van der Waals surface area contributed by atoms with E-state index in [1.165, 1.54) is 0 Å². The summed E-state index contributed by atoms with van der Waals surface area (Å²) in [5, 5.41) is 3.03. The molecule has 0 saturated carbocycles. The van der Waals surface area contributed by atoms with Crippen LogP contribution < -0.4 is 5.32 Å². The third-order valence-corrected chi connectivity index (χ3v) is 4.84. The van der Waals surface area contributed by atoms with Crippen molar-refractivity contribution in [2.45, 2.75) is 6.04 Å². The molecule has 20 heavy (non-hydrogen) atoms. The lowest BCUT2D eigenvalue weighted by Gasteiger charge is -2.37. The van der Waals surface area contributed by atoms with Gasteiger partial charge in [0, 0.05) is 41.2 Å². The van der Waals surface area contributed by atoms with Gasteiger partial charge in [0.15, 0.2) is 0 Å². The van der Waals surface area contributed by atoms with Crippen molar-refractivity contribution in [3.05, 3.63) is 32.7 Å². The van der Waals surface area contributed by atoms with E-state index in [0.717, 1.165) is 28.6 Å². The van der Waals surface area contributed by atoms with Crippen molar-refractivity contribution < 1.29 is 4.79 Å². The lowest BCUT2D eigenvalue weighted by molar-refractivity contribution is 0.0880. The number of hydrogen-bond donors (Lipinski definition) is 1. The molecule has 110 valence electrons. The Balaban J connectivity index is 1.96. The molecule has 0 radical (unpaired) electrons. The number of carbonyl (C=O) groups excluding carboxylic acids is 1. The number of halogens is 2. The summed E-state index contributed by atoms with van der Waals surface area (Å²) in [6.07, 6.45) is 0. The first kappa shape index (κ1) is 15.9. The van der Waals surface area contributed by atoms with E-state index < -0.39 is 0 Å². The number of rotatable bonds is 3. The third-order valence-electron chi connectivity index (χ3n) is 3.65. The normalized spacial score (nSPS) is 20.9. The van der Waals surface area contributed by atoms with Gasteiger partial charge >= 0.3 is 0 Å². The number of nitrogens with zero attached hydrogens (tertiary/aromatic N) is 2. The molecule has 1 N–H and O–H groups in total. The van der Waals surface area contributed by atoms with Crippen LogP contribution in [0.4, 0.5) is 0 Å². The Kier molecular flexibility index (Phi) is 5.60. The molecule has 0 aliphatic carbocycles. The highest BCUT2D eigenvalue weighted by Crippen LogP contribution is 2.21. The molecule has 4 nitrogen and oxygen atoms in total. The maximum Gasteiger partial charge on any atom is 0.252 e. The minimum atomic E-state index is -0.0419. The molecule has 1 fully saturated rings. The summed E-state index contributed by atoms with van der Waals surface area (Å²) in [5.41, 5.74) is 0.659. The standard InChI is InChI=1S/C14H19Br2N3O/c1-18-5-6-19(2)11(9-18)8-17-14(20)12-7-10(15)3-4-13(12)16/h3-4,7,11H,5-6,8-9H2,1-2H3,(H,17,20). The quantitative estimate of drug-likeness (QED) is 0.838. The molecule has 6 heteroatoms. The number of piperazine rings is 1. The van der Waals surface area contributed by atoms with Crippen LogP contribution in [0.15, 0.2) is 27.1 Å². The van der Waals surface area contributed by atoms with Crippen molar-refractivity contribution in [1.29, 1.82) is 0 Å².